The van der Waals surface area contributed by atoms with Crippen LogP contribution in [0.15, 0.2) is 0 Å². The molecule has 0 aromatic carbocycles. The van der Waals surface area contributed by atoms with E-state index in [1.807, 2.05) is 0 Å². The maximum absolute atomic E-state index is 12.4. The number of likely N-dealkylation sites (tertiary alicyclic amines) is 1. The van der Waals surface area contributed by atoms with Gasteiger partial charge in [0.1, 0.15) is 0 Å². The lowest BCUT2D eigenvalue weighted by molar-refractivity contribution is -0.134. The molecule has 1 atom stereocenters. The molecule has 21 heavy (non-hydrogen) atoms. The number of carbonyl (C=O) groups is 1. The molecule has 2 aliphatic heterocycles. The molecule has 2 N–H and O–H groups in total. The van der Waals surface area contributed by atoms with Crippen LogP contribution in [0.1, 0.15) is 26.2 Å². The molecular weight excluding hydrogens is 264 g/mol. The first-order chi connectivity index (χ1) is 10.1. The number of amides is 1. The van der Waals surface area contributed by atoms with E-state index in [2.05, 4.69) is 21.6 Å². The van der Waals surface area contributed by atoms with Crippen LogP contribution in [0.3, 0.4) is 0 Å². The molecule has 3 aliphatic rings. The van der Waals surface area contributed by atoms with Crippen LogP contribution in [0.5, 0.6) is 0 Å². The molecule has 0 aromatic rings. The lowest BCUT2D eigenvalue weighted by atomic mass is 9.91. The van der Waals surface area contributed by atoms with E-state index in [9.17, 15) is 4.79 Å². The Morgan fingerprint density at radius 3 is 2.19 bits per heavy atom. The van der Waals surface area contributed by atoms with Crippen LogP contribution in [-0.4, -0.2) is 79.5 Å². The number of nitrogens with zero attached hydrogens (tertiary/aromatic N) is 3. The Balaban J connectivity index is 1.39. The molecule has 1 saturated carbocycles. The first-order valence-corrected chi connectivity index (χ1v) is 8.55. The molecule has 3 fully saturated rings. The Kier molecular flexibility index (Phi) is 4.52. The standard InChI is InChI=1S/C16H30N4O/c1-14-12-16(14)2-5-20(6-3-16)15(21)13-19-10-8-18(7-4-17)9-11-19/h14H,2-13,17H2,1H3. The second-order valence-corrected chi connectivity index (χ2v) is 7.25. The summed E-state index contributed by atoms with van der Waals surface area (Å²) < 4.78 is 0. The van der Waals surface area contributed by atoms with E-state index in [1.165, 1.54) is 19.3 Å². The highest BCUT2D eigenvalue weighted by Gasteiger charge is 2.52. The highest BCUT2D eigenvalue weighted by atomic mass is 16.2. The summed E-state index contributed by atoms with van der Waals surface area (Å²) >= 11 is 0. The molecular formula is C16H30N4O. The monoisotopic (exact) mass is 294 g/mol. The van der Waals surface area contributed by atoms with Crippen molar-refractivity contribution in [3.05, 3.63) is 0 Å². The second-order valence-electron chi connectivity index (χ2n) is 7.25. The van der Waals surface area contributed by atoms with Crippen LogP contribution >= 0.6 is 0 Å². The third-order valence-corrected chi connectivity index (χ3v) is 5.98. The molecule has 1 spiro atoms. The SMILES string of the molecule is CC1CC12CCN(C(=O)CN1CCN(CCN)CC1)CC2. The second kappa shape index (κ2) is 6.23. The van der Waals surface area contributed by atoms with Gasteiger partial charge in [-0.15, -0.1) is 0 Å². The summed E-state index contributed by atoms with van der Waals surface area (Å²) in [5.41, 5.74) is 6.21. The van der Waals surface area contributed by atoms with E-state index in [0.29, 0.717) is 17.9 Å². The molecule has 5 nitrogen and oxygen atoms in total. The van der Waals surface area contributed by atoms with Crippen molar-refractivity contribution in [2.75, 3.05) is 58.9 Å². The van der Waals surface area contributed by atoms with Gasteiger partial charge in [0.15, 0.2) is 0 Å². The quantitative estimate of drug-likeness (QED) is 0.805. The minimum Gasteiger partial charge on any atom is -0.342 e. The zero-order valence-electron chi connectivity index (χ0n) is 13.4. The Hall–Kier alpha value is -0.650. The van der Waals surface area contributed by atoms with Crippen molar-refractivity contribution >= 4 is 5.91 Å². The molecule has 0 bridgehead atoms. The molecule has 0 aromatic heterocycles. The van der Waals surface area contributed by atoms with E-state index in [1.54, 1.807) is 0 Å². The number of piperidine rings is 1. The molecule has 120 valence electrons. The van der Waals surface area contributed by atoms with Crippen LogP contribution in [0.25, 0.3) is 0 Å². The minimum absolute atomic E-state index is 0.338. The van der Waals surface area contributed by atoms with Crippen LogP contribution < -0.4 is 5.73 Å². The molecule has 2 heterocycles. The van der Waals surface area contributed by atoms with Gasteiger partial charge in [-0.1, -0.05) is 6.92 Å². The Labute approximate surface area is 128 Å². The molecule has 5 heteroatoms. The fourth-order valence-electron chi connectivity index (χ4n) is 4.09. The maximum atomic E-state index is 12.4. The minimum atomic E-state index is 0.338. The summed E-state index contributed by atoms with van der Waals surface area (Å²) in [7, 11) is 0. The van der Waals surface area contributed by atoms with Gasteiger partial charge in [0.05, 0.1) is 6.54 Å². The fourth-order valence-corrected chi connectivity index (χ4v) is 4.09. The highest BCUT2D eigenvalue weighted by Crippen LogP contribution is 2.58. The number of hydrogen-bond donors (Lipinski definition) is 1. The zero-order valence-corrected chi connectivity index (χ0v) is 13.4. The number of hydrogen-bond acceptors (Lipinski definition) is 4. The number of piperazine rings is 1. The predicted molar refractivity (Wildman–Crippen MR) is 84.0 cm³/mol. The Morgan fingerprint density at radius 2 is 1.67 bits per heavy atom. The summed E-state index contributed by atoms with van der Waals surface area (Å²) in [6.45, 7) is 10.7. The number of carbonyl (C=O) groups excluding carboxylic acids is 1. The smallest absolute Gasteiger partial charge is 0.236 e. The van der Waals surface area contributed by atoms with Gasteiger partial charge in [-0.25, -0.2) is 0 Å². The normalized spacial score (nSPS) is 29.8. The van der Waals surface area contributed by atoms with Gasteiger partial charge < -0.3 is 10.6 Å². The summed E-state index contributed by atoms with van der Waals surface area (Å²) in [5, 5.41) is 0. The average molecular weight is 294 g/mol. The van der Waals surface area contributed by atoms with E-state index >= 15 is 0 Å². The van der Waals surface area contributed by atoms with Gasteiger partial charge in [-0.05, 0) is 30.6 Å². The van der Waals surface area contributed by atoms with Gasteiger partial charge in [0, 0.05) is 52.4 Å². The van der Waals surface area contributed by atoms with Crippen molar-refractivity contribution in [1.29, 1.82) is 0 Å². The van der Waals surface area contributed by atoms with Crippen molar-refractivity contribution in [3.63, 3.8) is 0 Å². The lowest BCUT2D eigenvalue weighted by Crippen LogP contribution is -2.51. The summed E-state index contributed by atoms with van der Waals surface area (Å²) in [6, 6.07) is 0. The zero-order chi connectivity index (χ0) is 14.9. The number of rotatable bonds is 4. The van der Waals surface area contributed by atoms with Gasteiger partial charge in [-0.3, -0.25) is 14.6 Å². The molecule has 1 amide bonds. The molecule has 2 saturated heterocycles. The average Bonchev–Trinajstić information content (AvgIpc) is 3.11. The third-order valence-electron chi connectivity index (χ3n) is 5.98. The maximum Gasteiger partial charge on any atom is 0.236 e. The van der Waals surface area contributed by atoms with Crippen LogP contribution in [0.4, 0.5) is 0 Å². The third kappa shape index (κ3) is 3.41. The van der Waals surface area contributed by atoms with Crippen molar-refractivity contribution in [2.45, 2.75) is 26.2 Å². The number of nitrogens with two attached hydrogens (primary N) is 1. The molecule has 1 unspecified atom stereocenters. The molecule has 1 aliphatic carbocycles. The predicted octanol–water partition coefficient (Wildman–Crippen LogP) is 0.211. The van der Waals surface area contributed by atoms with Gasteiger partial charge in [-0.2, -0.15) is 0 Å². The first-order valence-electron chi connectivity index (χ1n) is 8.55. The molecule has 0 radical (unpaired) electrons. The van der Waals surface area contributed by atoms with E-state index in [-0.39, 0.29) is 0 Å². The highest BCUT2D eigenvalue weighted by molar-refractivity contribution is 5.78. The van der Waals surface area contributed by atoms with Crippen LogP contribution in [0, 0.1) is 11.3 Å². The van der Waals surface area contributed by atoms with Crippen LogP contribution in [-0.2, 0) is 4.79 Å². The van der Waals surface area contributed by atoms with Gasteiger partial charge in [0.25, 0.3) is 0 Å². The summed E-state index contributed by atoms with van der Waals surface area (Å²) in [6.07, 6.45) is 3.84. The summed E-state index contributed by atoms with van der Waals surface area (Å²) in [4.78, 5) is 19.2. The van der Waals surface area contributed by atoms with Crippen molar-refractivity contribution < 1.29 is 4.79 Å². The van der Waals surface area contributed by atoms with Crippen molar-refractivity contribution in [1.82, 2.24) is 14.7 Å². The van der Waals surface area contributed by atoms with Gasteiger partial charge >= 0.3 is 0 Å². The summed E-state index contributed by atoms with van der Waals surface area (Å²) in [5.74, 6) is 1.23. The van der Waals surface area contributed by atoms with E-state index in [0.717, 1.165) is 58.3 Å². The van der Waals surface area contributed by atoms with Crippen LogP contribution in [0.2, 0.25) is 0 Å². The van der Waals surface area contributed by atoms with Crippen molar-refractivity contribution in [2.24, 2.45) is 17.1 Å². The first kappa shape index (κ1) is 15.3. The van der Waals surface area contributed by atoms with Gasteiger partial charge in [0.2, 0.25) is 5.91 Å². The van der Waals surface area contributed by atoms with E-state index < -0.39 is 0 Å². The fraction of sp³-hybridized carbons (Fsp3) is 0.938. The van der Waals surface area contributed by atoms with E-state index in [4.69, 9.17) is 5.73 Å². The molecule has 3 rings (SSSR count). The Morgan fingerprint density at radius 1 is 1.10 bits per heavy atom. The largest absolute Gasteiger partial charge is 0.342 e. The lowest BCUT2D eigenvalue weighted by Gasteiger charge is -2.37. The Bertz CT molecular complexity index is 370. The topological polar surface area (TPSA) is 52.8 Å². The van der Waals surface area contributed by atoms with Crippen molar-refractivity contribution in [3.8, 4) is 0 Å².